The molecule has 1 aromatic carbocycles. The van der Waals surface area contributed by atoms with E-state index >= 15 is 0 Å². The summed E-state index contributed by atoms with van der Waals surface area (Å²) in [5.41, 5.74) is 1.34. The van der Waals surface area contributed by atoms with Crippen LogP contribution in [0.5, 0.6) is 0 Å². The number of hydrogen-bond donors (Lipinski definition) is 0. The molecule has 0 heterocycles. The van der Waals surface area contributed by atoms with E-state index in [1.165, 1.54) is 12.7 Å². The van der Waals surface area contributed by atoms with Gasteiger partial charge in [-0.2, -0.15) is 0 Å². The molecule has 1 aromatic rings. The fraction of sp³-hybridized carbons (Fsp3) is 0.500. The number of benzene rings is 1. The maximum absolute atomic E-state index is 11.5. The summed E-state index contributed by atoms with van der Waals surface area (Å²) in [6, 6.07) is 6.23. The molecule has 0 atom stereocenters. The average Bonchev–Trinajstić information content (AvgIpc) is 2.41. The number of carbonyl (C=O) groups excluding carboxylic acids is 1. The van der Waals surface area contributed by atoms with Crippen molar-refractivity contribution in [1.29, 1.82) is 0 Å². The lowest BCUT2D eigenvalue weighted by Gasteiger charge is -2.27. The van der Waals surface area contributed by atoms with E-state index in [2.05, 4.69) is 34.7 Å². The van der Waals surface area contributed by atoms with E-state index in [0.29, 0.717) is 5.92 Å². The minimum absolute atomic E-state index is 0.0564. The van der Waals surface area contributed by atoms with Gasteiger partial charge in [0.05, 0.1) is 18.1 Å². The molecule has 0 aliphatic heterocycles. The Balaban J connectivity index is 2.01. The van der Waals surface area contributed by atoms with Gasteiger partial charge in [-0.25, -0.2) is 0 Å². The Morgan fingerprint density at radius 3 is 2.56 bits per heavy atom. The fourth-order valence-corrected chi connectivity index (χ4v) is 3.25. The number of rotatable bonds is 2. The van der Waals surface area contributed by atoms with Gasteiger partial charge in [-0.3, -0.25) is 4.79 Å². The summed E-state index contributed by atoms with van der Waals surface area (Å²) in [5.74, 6) is 0.591. The summed E-state index contributed by atoms with van der Waals surface area (Å²) in [6.07, 6.45) is 3.96. The van der Waals surface area contributed by atoms with E-state index < -0.39 is 0 Å². The quantitative estimate of drug-likeness (QED) is 0.563. The van der Waals surface area contributed by atoms with Gasteiger partial charge >= 0.3 is 5.97 Å². The van der Waals surface area contributed by atoms with Gasteiger partial charge in [0.25, 0.3) is 0 Å². The zero-order chi connectivity index (χ0) is 13.1. The number of methoxy groups -OCH3 is 1. The standard InChI is InChI=1S/C14H16ClIO2/c1-18-14(17)10-4-2-9(3-5-10)11-6-7-12(15)13(16)8-11/h6-10H,2-5H2,1H3/t9-,10-. The minimum Gasteiger partial charge on any atom is -0.469 e. The highest BCUT2D eigenvalue weighted by atomic mass is 127. The summed E-state index contributed by atoms with van der Waals surface area (Å²) < 4.78 is 5.91. The van der Waals surface area contributed by atoms with Gasteiger partial charge in [-0.15, -0.1) is 0 Å². The Kier molecular flexibility index (Phi) is 4.90. The minimum atomic E-state index is -0.0564. The van der Waals surface area contributed by atoms with Crippen molar-refractivity contribution in [2.75, 3.05) is 7.11 Å². The first kappa shape index (κ1) is 14.1. The number of ether oxygens (including phenoxy) is 1. The number of hydrogen-bond acceptors (Lipinski definition) is 2. The molecule has 98 valence electrons. The van der Waals surface area contributed by atoms with Crippen molar-refractivity contribution in [3.8, 4) is 0 Å². The molecule has 18 heavy (non-hydrogen) atoms. The molecule has 0 unspecified atom stereocenters. The second-order valence-corrected chi connectivity index (χ2v) is 6.31. The maximum atomic E-state index is 11.5. The molecule has 1 saturated carbocycles. The Labute approximate surface area is 126 Å². The average molecular weight is 379 g/mol. The fourth-order valence-electron chi connectivity index (χ4n) is 2.60. The first-order chi connectivity index (χ1) is 8.61. The van der Waals surface area contributed by atoms with E-state index in [-0.39, 0.29) is 11.9 Å². The van der Waals surface area contributed by atoms with Gasteiger partial charge < -0.3 is 4.74 Å². The first-order valence-corrected chi connectivity index (χ1v) is 7.60. The van der Waals surface area contributed by atoms with Crippen molar-refractivity contribution in [3.05, 3.63) is 32.4 Å². The number of carbonyl (C=O) groups is 1. The maximum Gasteiger partial charge on any atom is 0.308 e. The largest absolute Gasteiger partial charge is 0.469 e. The Morgan fingerprint density at radius 1 is 1.33 bits per heavy atom. The number of esters is 1. The van der Waals surface area contributed by atoms with E-state index in [4.69, 9.17) is 16.3 Å². The van der Waals surface area contributed by atoms with Crippen LogP contribution in [0, 0.1) is 9.49 Å². The number of halogens is 2. The molecule has 1 aliphatic rings. The molecule has 1 fully saturated rings. The van der Waals surface area contributed by atoms with Crippen molar-refractivity contribution < 1.29 is 9.53 Å². The van der Waals surface area contributed by atoms with Gasteiger partial charge in [0.1, 0.15) is 0 Å². The summed E-state index contributed by atoms with van der Waals surface area (Å²) in [4.78, 5) is 11.5. The summed E-state index contributed by atoms with van der Waals surface area (Å²) in [5, 5.41) is 0.808. The first-order valence-electron chi connectivity index (χ1n) is 6.14. The highest BCUT2D eigenvalue weighted by molar-refractivity contribution is 14.1. The predicted octanol–water partition coefficient (Wildman–Crippen LogP) is 4.39. The third kappa shape index (κ3) is 3.18. The Hall–Kier alpha value is -0.290. The van der Waals surface area contributed by atoms with Crippen LogP contribution in [0.1, 0.15) is 37.2 Å². The van der Waals surface area contributed by atoms with Gasteiger partial charge in [-0.1, -0.05) is 17.7 Å². The molecule has 0 radical (unpaired) electrons. The Morgan fingerprint density at radius 2 is 2.00 bits per heavy atom. The SMILES string of the molecule is COC(=O)[C@H]1CC[C@H](c2ccc(Cl)c(I)c2)CC1. The van der Waals surface area contributed by atoms with Crippen molar-refractivity contribution in [3.63, 3.8) is 0 Å². The van der Waals surface area contributed by atoms with Crippen LogP contribution in [0.4, 0.5) is 0 Å². The molecule has 0 amide bonds. The lowest BCUT2D eigenvalue weighted by Crippen LogP contribution is -2.22. The molecule has 1 aliphatic carbocycles. The second kappa shape index (κ2) is 6.24. The molecule has 0 aromatic heterocycles. The zero-order valence-corrected chi connectivity index (χ0v) is 13.2. The topological polar surface area (TPSA) is 26.3 Å². The molecule has 0 saturated heterocycles. The second-order valence-electron chi connectivity index (χ2n) is 4.75. The van der Waals surface area contributed by atoms with E-state index in [9.17, 15) is 4.79 Å². The summed E-state index contributed by atoms with van der Waals surface area (Å²) >= 11 is 8.30. The van der Waals surface area contributed by atoms with E-state index in [0.717, 1.165) is 34.3 Å². The summed E-state index contributed by atoms with van der Waals surface area (Å²) in [6.45, 7) is 0. The molecular weight excluding hydrogens is 363 g/mol. The van der Waals surface area contributed by atoms with Crippen molar-refractivity contribution in [2.45, 2.75) is 31.6 Å². The summed E-state index contributed by atoms with van der Waals surface area (Å²) in [7, 11) is 1.47. The van der Waals surface area contributed by atoms with Gasteiger partial charge in [0.15, 0.2) is 0 Å². The molecule has 0 bridgehead atoms. The van der Waals surface area contributed by atoms with Gasteiger partial charge in [-0.05, 0) is 71.9 Å². The highest BCUT2D eigenvalue weighted by Crippen LogP contribution is 2.37. The molecule has 0 N–H and O–H groups in total. The molecule has 4 heteroatoms. The van der Waals surface area contributed by atoms with E-state index in [1.54, 1.807) is 0 Å². The highest BCUT2D eigenvalue weighted by Gasteiger charge is 2.27. The molecular formula is C14H16ClIO2. The third-order valence-electron chi connectivity index (χ3n) is 3.68. The smallest absolute Gasteiger partial charge is 0.308 e. The predicted molar refractivity (Wildman–Crippen MR) is 80.9 cm³/mol. The zero-order valence-electron chi connectivity index (χ0n) is 10.3. The van der Waals surface area contributed by atoms with Crippen LogP contribution >= 0.6 is 34.2 Å². The van der Waals surface area contributed by atoms with Crippen LogP contribution < -0.4 is 0 Å². The van der Waals surface area contributed by atoms with Gasteiger partial charge in [0, 0.05) is 3.57 Å². The van der Waals surface area contributed by atoms with Crippen LogP contribution in [-0.4, -0.2) is 13.1 Å². The molecule has 0 spiro atoms. The lowest BCUT2D eigenvalue weighted by molar-refractivity contribution is -0.146. The van der Waals surface area contributed by atoms with Crippen LogP contribution in [0.15, 0.2) is 18.2 Å². The lowest BCUT2D eigenvalue weighted by atomic mass is 9.79. The van der Waals surface area contributed by atoms with Crippen molar-refractivity contribution in [2.24, 2.45) is 5.92 Å². The van der Waals surface area contributed by atoms with Gasteiger partial charge in [0.2, 0.25) is 0 Å². The third-order valence-corrected chi connectivity index (χ3v) is 5.22. The molecule has 2 rings (SSSR count). The van der Waals surface area contributed by atoms with Crippen LogP contribution in [0.25, 0.3) is 0 Å². The molecule has 2 nitrogen and oxygen atoms in total. The van der Waals surface area contributed by atoms with Crippen LogP contribution in [0.3, 0.4) is 0 Å². The van der Waals surface area contributed by atoms with Crippen LogP contribution in [-0.2, 0) is 9.53 Å². The normalized spacial score (nSPS) is 23.7. The van der Waals surface area contributed by atoms with Crippen molar-refractivity contribution >= 4 is 40.2 Å². The van der Waals surface area contributed by atoms with Crippen LogP contribution in [0.2, 0.25) is 5.02 Å². The Bertz CT molecular complexity index is 439. The monoisotopic (exact) mass is 378 g/mol. The van der Waals surface area contributed by atoms with Crippen molar-refractivity contribution in [1.82, 2.24) is 0 Å². The van der Waals surface area contributed by atoms with E-state index in [1.807, 2.05) is 6.07 Å².